The maximum atomic E-state index is 4.16. The Bertz CT molecular complexity index is 1330. The van der Waals surface area contributed by atoms with Crippen LogP contribution < -0.4 is 5.32 Å². The molecular formula is C25H27ClN6S. The molecule has 6 nitrogen and oxygen atoms in total. The molecule has 0 saturated heterocycles. The third kappa shape index (κ3) is 4.90. The minimum absolute atomic E-state index is 0. The van der Waals surface area contributed by atoms with E-state index in [9.17, 15) is 0 Å². The van der Waals surface area contributed by atoms with Gasteiger partial charge in [-0.3, -0.25) is 0 Å². The highest BCUT2D eigenvalue weighted by Gasteiger charge is 2.10. The van der Waals surface area contributed by atoms with Gasteiger partial charge in [0.2, 0.25) is 5.16 Å². The highest BCUT2D eigenvalue weighted by Crippen LogP contribution is 2.29. The fraction of sp³-hybridized carbons (Fsp3) is 0.240. The molecule has 2 heterocycles. The molecule has 1 N–H and O–H groups in total. The van der Waals surface area contributed by atoms with Crippen LogP contribution >= 0.6 is 24.2 Å². The predicted octanol–water partition coefficient (Wildman–Crippen LogP) is 5.48. The summed E-state index contributed by atoms with van der Waals surface area (Å²) >= 11 is 1.69. The highest BCUT2D eigenvalue weighted by atomic mass is 35.5. The van der Waals surface area contributed by atoms with Gasteiger partial charge in [0.15, 0.2) is 0 Å². The summed E-state index contributed by atoms with van der Waals surface area (Å²) in [5, 5.41) is 19.2. The Labute approximate surface area is 203 Å². The van der Waals surface area contributed by atoms with Crippen molar-refractivity contribution in [3.05, 3.63) is 78.4 Å². The summed E-state index contributed by atoms with van der Waals surface area (Å²) in [7, 11) is 0. The maximum absolute atomic E-state index is 4.16. The Morgan fingerprint density at radius 3 is 2.55 bits per heavy atom. The Hall–Kier alpha value is -2.87. The van der Waals surface area contributed by atoms with Crippen LogP contribution in [0, 0.1) is 0 Å². The first-order chi connectivity index (χ1) is 15.8. The number of hydrogen-bond acceptors (Lipinski definition) is 5. The summed E-state index contributed by atoms with van der Waals surface area (Å²) in [5.74, 6) is 0.962. The van der Waals surface area contributed by atoms with Gasteiger partial charge in [-0.25, -0.2) is 0 Å². The van der Waals surface area contributed by atoms with Crippen LogP contribution in [-0.2, 0) is 13.1 Å². The van der Waals surface area contributed by atoms with E-state index in [1.165, 1.54) is 27.4 Å². The van der Waals surface area contributed by atoms with Gasteiger partial charge < -0.3 is 9.88 Å². The SMILES string of the molecule is CCn1c2ccccc2c2cc(CNCCCSc3nnnn3-c3ccccc3)ccc21.Cl. The van der Waals surface area contributed by atoms with E-state index < -0.39 is 0 Å². The number of halogens is 1. The average Bonchev–Trinajstić information content (AvgIpc) is 3.44. The van der Waals surface area contributed by atoms with E-state index in [2.05, 4.69) is 74.8 Å². The fourth-order valence-electron chi connectivity index (χ4n) is 4.14. The van der Waals surface area contributed by atoms with Gasteiger partial charge in [-0.15, -0.1) is 17.5 Å². The van der Waals surface area contributed by atoms with Gasteiger partial charge in [0.25, 0.3) is 0 Å². The van der Waals surface area contributed by atoms with Crippen LogP contribution in [0.15, 0.2) is 78.0 Å². The van der Waals surface area contributed by atoms with Crippen LogP contribution in [0.3, 0.4) is 0 Å². The van der Waals surface area contributed by atoms with Gasteiger partial charge in [-0.1, -0.05) is 54.2 Å². The van der Waals surface area contributed by atoms with Gasteiger partial charge in [0.1, 0.15) is 0 Å². The smallest absolute Gasteiger partial charge is 0.214 e. The fourth-order valence-corrected chi connectivity index (χ4v) is 4.97. The number of thioether (sulfide) groups is 1. The lowest BCUT2D eigenvalue weighted by Gasteiger charge is -2.07. The normalized spacial score (nSPS) is 11.2. The predicted molar refractivity (Wildman–Crippen MR) is 139 cm³/mol. The van der Waals surface area contributed by atoms with Gasteiger partial charge in [-0.05, 0) is 66.2 Å². The van der Waals surface area contributed by atoms with Crippen molar-refractivity contribution in [1.82, 2.24) is 30.1 Å². The summed E-state index contributed by atoms with van der Waals surface area (Å²) in [5.41, 5.74) is 4.92. The molecular weight excluding hydrogens is 452 g/mol. The second-order valence-electron chi connectivity index (χ2n) is 7.70. The van der Waals surface area contributed by atoms with Crippen molar-refractivity contribution in [3.8, 4) is 5.69 Å². The van der Waals surface area contributed by atoms with Crippen molar-refractivity contribution in [1.29, 1.82) is 0 Å². The van der Waals surface area contributed by atoms with E-state index in [0.717, 1.165) is 42.7 Å². The second kappa shape index (κ2) is 10.8. The van der Waals surface area contributed by atoms with E-state index in [4.69, 9.17) is 0 Å². The van der Waals surface area contributed by atoms with E-state index in [0.29, 0.717) is 0 Å². The standard InChI is InChI=1S/C25H26N6S.ClH/c1-2-30-23-12-7-6-11-21(23)22-17-19(13-14-24(22)30)18-26-15-8-16-32-25-27-28-29-31(25)20-9-4-3-5-10-20;/h3-7,9-14,17,26H,2,8,15-16,18H2,1H3;1H. The Balaban J connectivity index is 0.00000259. The molecule has 0 fully saturated rings. The zero-order valence-corrected chi connectivity index (χ0v) is 20.1. The number of benzene rings is 3. The lowest BCUT2D eigenvalue weighted by atomic mass is 10.1. The molecule has 8 heteroatoms. The molecule has 0 aliphatic carbocycles. The second-order valence-corrected chi connectivity index (χ2v) is 8.76. The first-order valence-electron chi connectivity index (χ1n) is 11.0. The minimum Gasteiger partial charge on any atom is -0.341 e. The molecule has 0 bridgehead atoms. The molecule has 5 rings (SSSR count). The number of para-hydroxylation sites is 2. The van der Waals surface area contributed by atoms with Gasteiger partial charge in [0.05, 0.1) is 5.69 Å². The molecule has 33 heavy (non-hydrogen) atoms. The molecule has 170 valence electrons. The number of nitrogens with one attached hydrogen (secondary N) is 1. The Morgan fingerprint density at radius 1 is 0.909 bits per heavy atom. The number of fused-ring (bicyclic) bond motifs is 3. The zero-order chi connectivity index (χ0) is 21.8. The third-order valence-electron chi connectivity index (χ3n) is 5.65. The summed E-state index contributed by atoms with van der Waals surface area (Å²) in [6.07, 6.45) is 1.05. The summed E-state index contributed by atoms with van der Waals surface area (Å²) < 4.78 is 4.18. The molecule has 5 aromatic rings. The monoisotopic (exact) mass is 478 g/mol. The van der Waals surface area contributed by atoms with E-state index in [-0.39, 0.29) is 12.4 Å². The number of aromatic nitrogens is 5. The summed E-state index contributed by atoms with van der Waals surface area (Å²) in [6.45, 7) is 5.01. The Kier molecular flexibility index (Phi) is 7.65. The number of tetrazole rings is 1. The molecule has 0 spiro atoms. The molecule has 3 aromatic carbocycles. The topological polar surface area (TPSA) is 60.6 Å². The lowest BCUT2D eigenvalue weighted by Crippen LogP contribution is -2.15. The van der Waals surface area contributed by atoms with Gasteiger partial charge in [-0.2, -0.15) is 4.68 Å². The third-order valence-corrected chi connectivity index (χ3v) is 6.66. The van der Waals surface area contributed by atoms with Crippen molar-refractivity contribution in [2.75, 3.05) is 12.3 Å². The molecule has 0 aliphatic rings. The average molecular weight is 479 g/mol. The van der Waals surface area contributed by atoms with E-state index >= 15 is 0 Å². The summed E-state index contributed by atoms with van der Waals surface area (Å²) in [4.78, 5) is 0. The minimum atomic E-state index is 0. The van der Waals surface area contributed by atoms with Crippen molar-refractivity contribution < 1.29 is 0 Å². The van der Waals surface area contributed by atoms with E-state index in [1.807, 2.05) is 30.3 Å². The molecule has 0 unspecified atom stereocenters. The first kappa shape index (κ1) is 23.3. The largest absolute Gasteiger partial charge is 0.341 e. The summed E-state index contributed by atoms with van der Waals surface area (Å²) in [6, 6.07) is 25.5. The molecule has 2 aromatic heterocycles. The van der Waals surface area contributed by atoms with Crippen molar-refractivity contribution in [3.63, 3.8) is 0 Å². The number of nitrogens with zero attached hydrogens (tertiary/aromatic N) is 5. The van der Waals surface area contributed by atoms with Crippen LogP contribution in [-0.4, -0.2) is 37.1 Å². The zero-order valence-electron chi connectivity index (χ0n) is 18.5. The van der Waals surface area contributed by atoms with Gasteiger partial charge in [0, 0.05) is 40.6 Å². The van der Waals surface area contributed by atoms with Crippen LogP contribution in [0.25, 0.3) is 27.5 Å². The number of rotatable bonds is 9. The highest BCUT2D eigenvalue weighted by molar-refractivity contribution is 7.99. The molecule has 0 radical (unpaired) electrons. The lowest BCUT2D eigenvalue weighted by molar-refractivity contribution is 0.678. The van der Waals surface area contributed by atoms with Crippen molar-refractivity contribution >= 4 is 46.0 Å². The first-order valence-corrected chi connectivity index (χ1v) is 12.0. The molecule has 0 aliphatic heterocycles. The van der Waals surface area contributed by atoms with E-state index in [1.54, 1.807) is 16.4 Å². The van der Waals surface area contributed by atoms with Crippen molar-refractivity contribution in [2.45, 2.75) is 31.6 Å². The number of aryl methyl sites for hydroxylation is 1. The van der Waals surface area contributed by atoms with Gasteiger partial charge >= 0.3 is 0 Å². The maximum Gasteiger partial charge on any atom is 0.214 e. The van der Waals surface area contributed by atoms with Crippen LogP contribution in [0.1, 0.15) is 18.9 Å². The van der Waals surface area contributed by atoms with Crippen LogP contribution in [0.5, 0.6) is 0 Å². The molecule has 0 amide bonds. The molecule has 0 atom stereocenters. The number of hydrogen-bond donors (Lipinski definition) is 1. The quantitative estimate of drug-likeness (QED) is 0.224. The van der Waals surface area contributed by atoms with Crippen LogP contribution in [0.2, 0.25) is 0 Å². The van der Waals surface area contributed by atoms with Crippen LogP contribution in [0.4, 0.5) is 0 Å². The Morgan fingerprint density at radius 2 is 1.70 bits per heavy atom. The molecule has 0 saturated carbocycles. The van der Waals surface area contributed by atoms with Crippen molar-refractivity contribution in [2.24, 2.45) is 0 Å².